The maximum absolute atomic E-state index is 13.2. The number of hydrogen-bond donors (Lipinski definition) is 1. The molecule has 168 valence electrons. The highest BCUT2D eigenvalue weighted by Gasteiger charge is 2.24. The molecular formula is C25H35N3O3. The van der Waals surface area contributed by atoms with Crippen LogP contribution in [0.15, 0.2) is 53.1 Å². The van der Waals surface area contributed by atoms with Gasteiger partial charge in [-0.1, -0.05) is 56.5 Å². The Kier molecular flexibility index (Phi) is 9.00. The van der Waals surface area contributed by atoms with Gasteiger partial charge in [0.2, 0.25) is 5.91 Å². The Morgan fingerprint density at radius 3 is 2.45 bits per heavy atom. The summed E-state index contributed by atoms with van der Waals surface area (Å²) in [4.78, 5) is 29.6. The molecule has 0 saturated heterocycles. The molecule has 0 bridgehead atoms. The van der Waals surface area contributed by atoms with Gasteiger partial charge in [0.1, 0.15) is 12.3 Å². The fraction of sp³-hybridized carbons (Fsp3) is 0.520. The molecule has 1 fully saturated rings. The number of furan rings is 1. The summed E-state index contributed by atoms with van der Waals surface area (Å²) in [5.41, 5.74) is 1.18. The number of carbonyl (C=O) groups is 2. The predicted octanol–water partition coefficient (Wildman–Crippen LogP) is 4.61. The Morgan fingerprint density at radius 2 is 1.77 bits per heavy atom. The van der Waals surface area contributed by atoms with Gasteiger partial charge in [-0.15, -0.1) is 0 Å². The number of urea groups is 1. The lowest BCUT2D eigenvalue weighted by molar-refractivity contribution is -0.132. The molecule has 31 heavy (non-hydrogen) atoms. The lowest BCUT2D eigenvalue weighted by Gasteiger charge is -2.30. The van der Waals surface area contributed by atoms with Crippen LogP contribution in [-0.4, -0.2) is 47.4 Å². The Labute approximate surface area is 185 Å². The number of nitrogens with zero attached hydrogens (tertiary/aromatic N) is 2. The summed E-state index contributed by atoms with van der Waals surface area (Å²) in [5.74, 6) is 0.690. The van der Waals surface area contributed by atoms with Crippen LogP contribution in [0.4, 0.5) is 4.79 Å². The van der Waals surface area contributed by atoms with Gasteiger partial charge in [0, 0.05) is 19.1 Å². The van der Waals surface area contributed by atoms with E-state index >= 15 is 0 Å². The molecule has 1 saturated carbocycles. The van der Waals surface area contributed by atoms with Crippen molar-refractivity contribution in [1.82, 2.24) is 15.1 Å². The smallest absolute Gasteiger partial charge is 0.318 e. The van der Waals surface area contributed by atoms with Crippen LogP contribution in [0.25, 0.3) is 0 Å². The van der Waals surface area contributed by atoms with Gasteiger partial charge in [0.25, 0.3) is 0 Å². The maximum atomic E-state index is 13.2. The molecule has 3 rings (SSSR count). The van der Waals surface area contributed by atoms with Crippen LogP contribution in [-0.2, 0) is 17.8 Å². The molecule has 1 N–H and O–H groups in total. The van der Waals surface area contributed by atoms with Crippen LogP contribution in [0.5, 0.6) is 0 Å². The third-order valence-electron chi connectivity index (χ3n) is 5.83. The number of hydrogen-bond acceptors (Lipinski definition) is 3. The van der Waals surface area contributed by atoms with Gasteiger partial charge in [0.05, 0.1) is 12.8 Å². The molecule has 0 aliphatic heterocycles. The summed E-state index contributed by atoms with van der Waals surface area (Å²) in [6, 6.07) is 13.9. The second kappa shape index (κ2) is 12.2. The van der Waals surface area contributed by atoms with E-state index in [1.165, 1.54) is 12.0 Å². The molecule has 1 aliphatic carbocycles. The Morgan fingerprint density at radius 1 is 1.00 bits per heavy atom. The van der Waals surface area contributed by atoms with Crippen LogP contribution >= 0.6 is 0 Å². The van der Waals surface area contributed by atoms with Gasteiger partial charge >= 0.3 is 6.03 Å². The highest BCUT2D eigenvalue weighted by Crippen LogP contribution is 2.18. The third kappa shape index (κ3) is 7.46. The van der Waals surface area contributed by atoms with Gasteiger partial charge in [-0.3, -0.25) is 4.79 Å². The molecule has 6 nitrogen and oxygen atoms in total. The summed E-state index contributed by atoms with van der Waals surface area (Å²) < 4.78 is 5.48. The third-order valence-corrected chi connectivity index (χ3v) is 5.83. The van der Waals surface area contributed by atoms with Gasteiger partial charge in [-0.25, -0.2) is 4.79 Å². The first kappa shape index (κ1) is 22.9. The van der Waals surface area contributed by atoms with E-state index in [2.05, 4.69) is 17.4 Å². The van der Waals surface area contributed by atoms with E-state index in [0.29, 0.717) is 19.6 Å². The summed E-state index contributed by atoms with van der Waals surface area (Å²) in [6.45, 7) is 3.66. The van der Waals surface area contributed by atoms with E-state index in [0.717, 1.165) is 44.3 Å². The monoisotopic (exact) mass is 425 g/mol. The first-order chi connectivity index (χ1) is 15.2. The number of carbonyl (C=O) groups excluding carboxylic acids is 2. The van der Waals surface area contributed by atoms with Crippen LogP contribution in [0, 0.1) is 0 Å². The first-order valence-electron chi connectivity index (χ1n) is 11.5. The molecule has 1 aromatic carbocycles. The van der Waals surface area contributed by atoms with Crippen molar-refractivity contribution < 1.29 is 14.0 Å². The Bertz CT molecular complexity index is 786. The van der Waals surface area contributed by atoms with Crippen molar-refractivity contribution in [2.45, 2.75) is 64.5 Å². The summed E-state index contributed by atoms with van der Waals surface area (Å²) in [6.07, 6.45) is 8.82. The zero-order chi connectivity index (χ0) is 21.9. The van der Waals surface area contributed by atoms with E-state index in [-0.39, 0.29) is 24.5 Å². The molecule has 1 aliphatic rings. The molecule has 3 amide bonds. The standard InChI is InChI=1S/C25H35N3O3/c1-2-16-28(25(30)26-22-12-7-4-8-13-22)20-24(29)27(19-23-14-9-18-31-23)17-15-21-10-5-3-6-11-21/h3,5-6,9-11,14,18,22H,2,4,7-8,12-13,15-17,19-20H2,1H3,(H,26,30). The number of benzene rings is 1. The number of amides is 3. The molecule has 1 heterocycles. The highest BCUT2D eigenvalue weighted by molar-refractivity contribution is 5.84. The maximum Gasteiger partial charge on any atom is 0.318 e. The minimum Gasteiger partial charge on any atom is -0.467 e. The average Bonchev–Trinajstić information content (AvgIpc) is 3.31. The predicted molar refractivity (Wildman–Crippen MR) is 122 cm³/mol. The van der Waals surface area contributed by atoms with Crippen molar-refractivity contribution in [1.29, 1.82) is 0 Å². The Hall–Kier alpha value is -2.76. The van der Waals surface area contributed by atoms with Gasteiger partial charge in [0.15, 0.2) is 0 Å². The average molecular weight is 426 g/mol. The lowest BCUT2D eigenvalue weighted by Crippen LogP contribution is -2.50. The minimum atomic E-state index is -0.122. The largest absolute Gasteiger partial charge is 0.467 e. The fourth-order valence-electron chi connectivity index (χ4n) is 4.09. The zero-order valence-corrected chi connectivity index (χ0v) is 18.6. The van der Waals surface area contributed by atoms with E-state index in [9.17, 15) is 9.59 Å². The first-order valence-corrected chi connectivity index (χ1v) is 11.5. The summed E-state index contributed by atoms with van der Waals surface area (Å²) in [5, 5.41) is 3.15. The van der Waals surface area contributed by atoms with E-state index < -0.39 is 0 Å². The summed E-state index contributed by atoms with van der Waals surface area (Å²) in [7, 11) is 0. The quantitative estimate of drug-likeness (QED) is 0.605. The molecule has 0 atom stereocenters. The number of rotatable bonds is 10. The van der Waals surface area contributed by atoms with Gasteiger partial charge < -0.3 is 19.5 Å². The SMILES string of the molecule is CCCN(CC(=O)N(CCc1ccccc1)Cc1ccco1)C(=O)NC1CCCCC1. The molecular weight excluding hydrogens is 390 g/mol. The second-order valence-corrected chi connectivity index (χ2v) is 8.34. The fourth-order valence-corrected chi connectivity index (χ4v) is 4.09. The van der Waals surface area contributed by atoms with Crippen LogP contribution in [0.1, 0.15) is 56.8 Å². The van der Waals surface area contributed by atoms with Gasteiger partial charge in [-0.2, -0.15) is 0 Å². The van der Waals surface area contributed by atoms with Crippen molar-refractivity contribution in [2.75, 3.05) is 19.6 Å². The molecule has 0 spiro atoms. The van der Waals surface area contributed by atoms with Crippen LogP contribution in [0.3, 0.4) is 0 Å². The van der Waals surface area contributed by atoms with Crippen LogP contribution in [0.2, 0.25) is 0 Å². The molecule has 0 unspecified atom stereocenters. The van der Waals surface area contributed by atoms with Crippen molar-refractivity contribution in [3.8, 4) is 0 Å². The van der Waals surface area contributed by atoms with E-state index in [1.54, 1.807) is 16.1 Å². The topological polar surface area (TPSA) is 65.8 Å². The van der Waals surface area contributed by atoms with E-state index in [1.807, 2.05) is 37.3 Å². The van der Waals surface area contributed by atoms with Crippen molar-refractivity contribution >= 4 is 11.9 Å². The van der Waals surface area contributed by atoms with Crippen molar-refractivity contribution in [3.05, 3.63) is 60.1 Å². The van der Waals surface area contributed by atoms with Gasteiger partial charge in [-0.05, 0) is 43.4 Å². The zero-order valence-electron chi connectivity index (χ0n) is 18.6. The van der Waals surface area contributed by atoms with Crippen molar-refractivity contribution in [2.24, 2.45) is 0 Å². The highest BCUT2D eigenvalue weighted by atomic mass is 16.3. The number of nitrogens with one attached hydrogen (secondary N) is 1. The molecule has 2 aromatic rings. The Balaban J connectivity index is 1.62. The normalized spacial score (nSPS) is 14.2. The minimum absolute atomic E-state index is 0.0559. The molecule has 1 aromatic heterocycles. The lowest BCUT2D eigenvalue weighted by atomic mass is 9.96. The van der Waals surface area contributed by atoms with E-state index in [4.69, 9.17) is 4.42 Å². The van der Waals surface area contributed by atoms with Crippen molar-refractivity contribution in [3.63, 3.8) is 0 Å². The molecule has 6 heteroatoms. The molecule has 0 radical (unpaired) electrons. The van der Waals surface area contributed by atoms with Crippen LogP contribution < -0.4 is 5.32 Å². The summed E-state index contributed by atoms with van der Waals surface area (Å²) >= 11 is 0. The second-order valence-electron chi connectivity index (χ2n) is 8.34.